The number of ether oxygens (including phenoxy) is 1. The zero-order chi connectivity index (χ0) is 20.3. The average molecular weight is 381 g/mol. The highest BCUT2D eigenvalue weighted by Crippen LogP contribution is 2.06. The molecule has 4 N–H and O–H groups in total. The van der Waals surface area contributed by atoms with E-state index in [4.69, 9.17) is 16.4 Å². The summed E-state index contributed by atoms with van der Waals surface area (Å²) in [4.78, 5) is 8.70. The van der Waals surface area contributed by atoms with Gasteiger partial charge in [-0.1, -0.05) is 53.4 Å². The fourth-order valence-corrected chi connectivity index (χ4v) is 2.33. The molecule has 0 atom stereocenters. The third-order valence-electron chi connectivity index (χ3n) is 3.95. The van der Waals surface area contributed by atoms with Crippen LogP contribution in [0.3, 0.4) is 0 Å². The van der Waals surface area contributed by atoms with E-state index in [1.807, 2.05) is 0 Å². The first-order valence-corrected chi connectivity index (χ1v) is 10.1. The van der Waals surface area contributed by atoms with Gasteiger partial charge >= 0.3 is 0 Å². The summed E-state index contributed by atoms with van der Waals surface area (Å²) < 4.78 is 5.55. The highest BCUT2D eigenvalue weighted by atomic mass is 16.5. The fourth-order valence-electron chi connectivity index (χ4n) is 2.33. The topological polar surface area (TPSA) is 111 Å². The van der Waals surface area contributed by atoms with Crippen molar-refractivity contribution in [1.82, 2.24) is 0 Å². The first-order valence-electron chi connectivity index (χ1n) is 10.1. The van der Waals surface area contributed by atoms with Crippen molar-refractivity contribution in [3.8, 4) is 0 Å². The van der Waals surface area contributed by atoms with Gasteiger partial charge in [0.05, 0.1) is 13.2 Å². The second-order valence-electron chi connectivity index (χ2n) is 7.58. The van der Waals surface area contributed by atoms with Crippen LogP contribution in [0.5, 0.6) is 0 Å². The molecule has 0 spiro atoms. The Morgan fingerprint density at radius 2 is 1.15 bits per heavy atom. The summed E-state index contributed by atoms with van der Waals surface area (Å²) in [5.41, 5.74) is 1.20. The van der Waals surface area contributed by atoms with E-state index in [0.717, 1.165) is 37.8 Å². The molecule has 0 heterocycles. The molecule has 0 amide bonds. The van der Waals surface area contributed by atoms with Gasteiger partial charge in [0.1, 0.15) is 11.4 Å². The van der Waals surface area contributed by atoms with Crippen LogP contribution in [0.4, 0.5) is 0 Å². The number of unbranched alkanes of at least 4 members (excludes halogenated alkanes) is 2. The number of aliphatic imine (C=N–C) groups is 2. The summed E-state index contributed by atoms with van der Waals surface area (Å²) in [6.07, 6.45) is 10.3. The zero-order valence-electron chi connectivity index (χ0n) is 17.7. The average Bonchev–Trinajstić information content (AvgIpc) is 2.63. The van der Waals surface area contributed by atoms with Crippen molar-refractivity contribution in [3.05, 3.63) is 0 Å². The molecule has 0 radical (unpaired) electrons. The molecular formula is C20H40N6O. The molecule has 156 valence electrons. The van der Waals surface area contributed by atoms with Gasteiger partial charge in [-0.2, -0.15) is 10.2 Å². The monoisotopic (exact) mass is 380 g/mol. The van der Waals surface area contributed by atoms with Crippen molar-refractivity contribution in [3.63, 3.8) is 0 Å². The Morgan fingerprint density at radius 3 is 1.48 bits per heavy atom. The number of rotatable bonds is 16. The molecule has 0 bridgehead atoms. The summed E-state index contributed by atoms with van der Waals surface area (Å²) in [6, 6.07) is 0. The SMILES string of the molecule is CC(C)CCCCN=CC(COCC(C=NCCCCC(C)C)=NN)=NN. The van der Waals surface area contributed by atoms with Crippen LogP contribution >= 0.6 is 0 Å². The minimum absolute atomic E-state index is 0.271. The van der Waals surface area contributed by atoms with Gasteiger partial charge in [-0.25, -0.2) is 0 Å². The fraction of sp³-hybridized carbons (Fsp3) is 0.800. The van der Waals surface area contributed by atoms with Crippen molar-refractivity contribution in [2.75, 3.05) is 26.3 Å². The number of hydrogen-bond acceptors (Lipinski definition) is 7. The quantitative estimate of drug-likeness (QED) is 0.185. The maximum absolute atomic E-state index is 5.55. The molecule has 7 heteroatoms. The molecule has 0 aromatic rings. The number of hydrazone groups is 2. The minimum atomic E-state index is 0.271. The summed E-state index contributed by atoms with van der Waals surface area (Å²) in [5, 5.41) is 7.41. The molecule has 0 aromatic heterocycles. The number of nitrogens with zero attached hydrogens (tertiary/aromatic N) is 4. The van der Waals surface area contributed by atoms with E-state index < -0.39 is 0 Å². The molecule has 27 heavy (non-hydrogen) atoms. The Bertz CT molecular complexity index is 427. The molecule has 0 aliphatic rings. The number of nitrogens with two attached hydrogens (primary N) is 2. The predicted molar refractivity (Wildman–Crippen MR) is 118 cm³/mol. The van der Waals surface area contributed by atoms with Crippen LogP contribution in [0.15, 0.2) is 20.2 Å². The van der Waals surface area contributed by atoms with E-state index in [9.17, 15) is 0 Å². The Morgan fingerprint density at radius 1 is 0.741 bits per heavy atom. The highest BCUT2D eigenvalue weighted by molar-refractivity contribution is 6.32. The van der Waals surface area contributed by atoms with Crippen molar-refractivity contribution >= 4 is 23.9 Å². The summed E-state index contributed by atoms with van der Waals surface area (Å²) in [6.45, 7) is 11.0. The third kappa shape index (κ3) is 17.4. The van der Waals surface area contributed by atoms with Crippen LogP contribution < -0.4 is 11.7 Å². The van der Waals surface area contributed by atoms with Gasteiger partial charge in [0.2, 0.25) is 0 Å². The van der Waals surface area contributed by atoms with Crippen molar-refractivity contribution in [2.45, 2.75) is 66.2 Å². The van der Waals surface area contributed by atoms with Crippen molar-refractivity contribution in [1.29, 1.82) is 0 Å². The first kappa shape index (κ1) is 25.2. The lowest BCUT2D eigenvalue weighted by molar-refractivity contribution is 0.217. The predicted octanol–water partition coefficient (Wildman–Crippen LogP) is 3.43. The molecule has 0 saturated heterocycles. The van der Waals surface area contributed by atoms with E-state index in [2.05, 4.69) is 47.9 Å². The lowest BCUT2D eigenvalue weighted by atomic mass is 10.1. The molecule has 0 unspecified atom stereocenters. The van der Waals surface area contributed by atoms with E-state index in [0.29, 0.717) is 11.4 Å². The Labute approximate surface area is 165 Å². The number of hydrogen-bond donors (Lipinski definition) is 2. The second-order valence-corrected chi connectivity index (χ2v) is 7.58. The van der Waals surface area contributed by atoms with Gasteiger partial charge in [-0.05, 0) is 24.7 Å². The van der Waals surface area contributed by atoms with Crippen LogP contribution in [-0.2, 0) is 4.74 Å². The standard InChI is InChI=1S/C20H40N6O/c1-17(2)9-5-7-11-23-13-19(25-21)15-27-16-20(26-22)14-24-12-8-6-10-18(3)4/h13-14,17-18H,5-12,15-16,21-22H2,1-4H3. The van der Waals surface area contributed by atoms with Crippen molar-refractivity contribution in [2.24, 2.45) is 43.7 Å². The smallest absolute Gasteiger partial charge is 0.103 e. The van der Waals surface area contributed by atoms with Crippen LogP contribution in [0.2, 0.25) is 0 Å². The van der Waals surface area contributed by atoms with E-state index in [1.54, 1.807) is 12.4 Å². The lowest BCUT2D eigenvalue weighted by Gasteiger charge is -2.04. The Balaban J connectivity index is 3.96. The molecule has 7 nitrogen and oxygen atoms in total. The van der Waals surface area contributed by atoms with Gasteiger partial charge < -0.3 is 16.4 Å². The molecule has 0 saturated carbocycles. The third-order valence-corrected chi connectivity index (χ3v) is 3.95. The molecule has 0 aliphatic carbocycles. The van der Waals surface area contributed by atoms with E-state index in [1.165, 1.54) is 25.7 Å². The van der Waals surface area contributed by atoms with E-state index >= 15 is 0 Å². The highest BCUT2D eigenvalue weighted by Gasteiger charge is 2.00. The molecule has 0 fully saturated rings. The molecule has 0 aromatic carbocycles. The molecule has 0 aliphatic heterocycles. The Kier molecular flexibility index (Phi) is 16.5. The van der Waals surface area contributed by atoms with E-state index in [-0.39, 0.29) is 13.2 Å². The van der Waals surface area contributed by atoms with Crippen LogP contribution in [0.25, 0.3) is 0 Å². The second kappa shape index (κ2) is 17.6. The van der Waals surface area contributed by atoms with Crippen LogP contribution in [0, 0.1) is 11.8 Å². The lowest BCUT2D eigenvalue weighted by Crippen LogP contribution is -2.19. The summed E-state index contributed by atoms with van der Waals surface area (Å²) >= 11 is 0. The normalized spacial score (nSPS) is 13.7. The van der Waals surface area contributed by atoms with Gasteiger partial charge in [0.15, 0.2) is 0 Å². The van der Waals surface area contributed by atoms with Crippen LogP contribution in [0.1, 0.15) is 66.2 Å². The molecular weight excluding hydrogens is 340 g/mol. The van der Waals surface area contributed by atoms with Gasteiger partial charge in [-0.3, -0.25) is 9.98 Å². The Hall–Kier alpha value is -1.76. The summed E-state index contributed by atoms with van der Waals surface area (Å²) in [7, 11) is 0. The maximum atomic E-state index is 5.55. The summed E-state index contributed by atoms with van der Waals surface area (Å²) in [5.74, 6) is 12.3. The maximum Gasteiger partial charge on any atom is 0.103 e. The van der Waals surface area contributed by atoms with Gasteiger partial charge in [-0.15, -0.1) is 0 Å². The largest absolute Gasteiger partial charge is 0.369 e. The molecule has 0 rings (SSSR count). The van der Waals surface area contributed by atoms with Gasteiger partial charge in [0.25, 0.3) is 0 Å². The van der Waals surface area contributed by atoms with Crippen molar-refractivity contribution < 1.29 is 4.74 Å². The van der Waals surface area contributed by atoms with Gasteiger partial charge in [0, 0.05) is 25.5 Å². The first-order chi connectivity index (χ1) is 13.0. The van der Waals surface area contributed by atoms with Crippen LogP contribution in [-0.4, -0.2) is 50.2 Å². The zero-order valence-corrected chi connectivity index (χ0v) is 17.7. The minimum Gasteiger partial charge on any atom is -0.369 e.